The van der Waals surface area contributed by atoms with Crippen molar-refractivity contribution in [1.82, 2.24) is 9.69 Å². The first-order valence-corrected chi connectivity index (χ1v) is 7.84. The van der Waals surface area contributed by atoms with Crippen LogP contribution in [0, 0.1) is 11.3 Å². The highest BCUT2D eigenvalue weighted by atomic mass is 35.5. The van der Waals surface area contributed by atoms with E-state index in [2.05, 4.69) is 9.69 Å². The molecule has 1 unspecified atom stereocenters. The lowest BCUT2D eigenvalue weighted by Gasteiger charge is -2.12. The predicted molar refractivity (Wildman–Crippen MR) is 87.3 cm³/mol. The third kappa shape index (κ3) is 3.79. The summed E-state index contributed by atoms with van der Waals surface area (Å²) in [6.07, 6.45) is 0. The van der Waals surface area contributed by atoms with Crippen LogP contribution in [0.15, 0.2) is 24.3 Å². The van der Waals surface area contributed by atoms with Crippen molar-refractivity contribution >= 4 is 46.5 Å². The van der Waals surface area contributed by atoms with Gasteiger partial charge in [-0.05, 0) is 22.7 Å². The van der Waals surface area contributed by atoms with E-state index in [-0.39, 0.29) is 21.6 Å². The summed E-state index contributed by atoms with van der Waals surface area (Å²) in [4.78, 5) is 23.7. The molecule has 1 aromatic carbocycles. The molecule has 0 spiro atoms. The van der Waals surface area contributed by atoms with Crippen LogP contribution in [0.4, 0.5) is 0 Å². The predicted octanol–water partition coefficient (Wildman–Crippen LogP) is 2.47. The van der Waals surface area contributed by atoms with Gasteiger partial charge in [-0.3, -0.25) is 9.59 Å². The zero-order valence-electron chi connectivity index (χ0n) is 11.5. The van der Waals surface area contributed by atoms with Crippen LogP contribution >= 0.6 is 34.7 Å². The zero-order valence-corrected chi connectivity index (χ0v) is 13.9. The van der Waals surface area contributed by atoms with Gasteiger partial charge in [0, 0.05) is 6.54 Å². The molecule has 3 N–H and O–H groups in total. The molecule has 1 aromatic heterocycles. The molecule has 2 rings (SSSR count). The van der Waals surface area contributed by atoms with E-state index in [1.165, 1.54) is 0 Å². The average Bonchev–Trinajstić information content (AvgIpc) is 2.86. The molecule has 0 radical (unpaired) electrons. The Morgan fingerprint density at radius 1 is 1.39 bits per heavy atom. The van der Waals surface area contributed by atoms with Crippen molar-refractivity contribution in [2.45, 2.75) is 12.5 Å². The van der Waals surface area contributed by atoms with Gasteiger partial charge >= 0.3 is 0 Å². The first kappa shape index (κ1) is 17.2. The minimum atomic E-state index is -1.08. The first-order valence-electron chi connectivity index (χ1n) is 6.31. The van der Waals surface area contributed by atoms with Gasteiger partial charge in [-0.15, -0.1) is 0 Å². The highest BCUT2D eigenvalue weighted by Crippen LogP contribution is 2.28. The van der Waals surface area contributed by atoms with Crippen LogP contribution in [0.25, 0.3) is 0 Å². The van der Waals surface area contributed by atoms with Crippen molar-refractivity contribution in [2.75, 3.05) is 0 Å². The number of primary amides is 1. The lowest BCUT2D eigenvalue weighted by molar-refractivity contribution is -0.118. The Morgan fingerprint density at radius 2 is 2.09 bits per heavy atom. The molecular weight excluding hydrogens is 359 g/mol. The summed E-state index contributed by atoms with van der Waals surface area (Å²) in [7, 11) is 0. The Morgan fingerprint density at radius 3 is 2.65 bits per heavy atom. The molecule has 0 fully saturated rings. The molecule has 0 aliphatic carbocycles. The lowest BCUT2D eigenvalue weighted by atomic mass is 9.94. The number of benzene rings is 1. The van der Waals surface area contributed by atoms with E-state index in [0.717, 1.165) is 11.5 Å². The van der Waals surface area contributed by atoms with Gasteiger partial charge in [-0.2, -0.15) is 9.64 Å². The number of nitrogens with two attached hydrogens (primary N) is 1. The van der Waals surface area contributed by atoms with Gasteiger partial charge in [-0.1, -0.05) is 47.5 Å². The summed E-state index contributed by atoms with van der Waals surface area (Å²) in [5.74, 6) is -2.27. The highest BCUT2D eigenvalue weighted by molar-refractivity contribution is 7.09. The monoisotopic (exact) mass is 368 g/mol. The van der Waals surface area contributed by atoms with Crippen molar-refractivity contribution in [3.63, 3.8) is 0 Å². The van der Waals surface area contributed by atoms with Gasteiger partial charge in [0.1, 0.15) is 15.8 Å². The quantitative estimate of drug-likeness (QED) is 0.844. The molecule has 0 aliphatic heterocycles. The molecule has 9 heteroatoms. The van der Waals surface area contributed by atoms with E-state index >= 15 is 0 Å². The SMILES string of the molecule is N#CC(C(N)=O)c1ccccc1CNC(=O)c1snc(Cl)c1Cl. The van der Waals surface area contributed by atoms with Crippen LogP contribution in [0.2, 0.25) is 10.2 Å². The number of carbonyl (C=O) groups is 2. The number of halogens is 2. The van der Waals surface area contributed by atoms with E-state index in [4.69, 9.17) is 34.2 Å². The van der Waals surface area contributed by atoms with E-state index < -0.39 is 17.7 Å². The average molecular weight is 369 g/mol. The fourth-order valence-corrected chi connectivity index (χ4v) is 3.05. The second kappa shape index (κ2) is 7.42. The lowest BCUT2D eigenvalue weighted by Crippen LogP contribution is -2.25. The Balaban J connectivity index is 2.18. The summed E-state index contributed by atoms with van der Waals surface area (Å²) < 4.78 is 3.78. The molecule has 2 aromatic rings. The van der Waals surface area contributed by atoms with Crippen LogP contribution < -0.4 is 11.1 Å². The number of nitrogens with zero attached hydrogens (tertiary/aromatic N) is 2. The Labute approximate surface area is 146 Å². The second-order valence-electron chi connectivity index (χ2n) is 4.46. The maximum absolute atomic E-state index is 12.1. The second-order valence-corrected chi connectivity index (χ2v) is 5.97. The van der Waals surface area contributed by atoms with Crippen LogP contribution in [-0.4, -0.2) is 16.2 Å². The van der Waals surface area contributed by atoms with Crippen LogP contribution in [0.5, 0.6) is 0 Å². The number of amides is 2. The van der Waals surface area contributed by atoms with Crippen LogP contribution in [0.3, 0.4) is 0 Å². The Bertz CT molecular complexity index is 800. The molecule has 6 nitrogen and oxygen atoms in total. The number of hydrogen-bond donors (Lipinski definition) is 2. The minimum Gasteiger partial charge on any atom is -0.368 e. The molecule has 0 saturated carbocycles. The number of nitrogens with one attached hydrogen (secondary N) is 1. The summed E-state index contributed by atoms with van der Waals surface area (Å²) in [5.41, 5.74) is 6.29. The van der Waals surface area contributed by atoms with E-state index in [0.29, 0.717) is 11.1 Å². The number of rotatable bonds is 5. The molecule has 0 aliphatic rings. The molecule has 23 heavy (non-hydrogen) atoms. The summed E-state index contributed by atoms with van der Waals surface area (Å²) >= 11 is 12.5. The van der Waals surface area contributed by atoms with Gasteiger partial charge in [-0.25, -0.2) is 0 Å². The van der Waals surface area contributed by atoms with Gasteiger partial charge in [0.15, 0.2) is 5.15 Å². The summed E-state index contributed by atoms with van der Waals surface area (Å²) in [6, 6.07) is 8.60. The largest absolute Gasteiger partial charge is 0.368 e. The highest BCUT2D eigenvalue weighted by Gasteiger charge is 2.21. The molecule has 0 bridgehead atoms. The van der Waals surface area contributed by atoms with Crippen molar-refractivity contribution in [1.29, 1.82) is 5.26 Å². The fraction of sp³-hybridized carbons (Fsp3) is 0.143. The van der Waals surface area contributed by atoms with Gasteiger partial charge in [0.05, 0.1) is 6.07 Å². The van der Waals surface area contributed by atoms with Crippen LogP contribution in [-0.2, 0) is 11.3 Å². The maximum Gasteiger partial charge on any atom is 0.264 e. The zero-order chi connectivity index (χ0) is 17.0. The molecule has 0 saturated heterocycles. The summed E-state index contributed by atoms with van der Waals surface area (Å²) in [6.45, 7) is 0.103. The molecule has 118 valence electrons. The van der Waals surface area contributed by atoms with Crippen LogP contribution in [0.1, 0.15) is 26.7 Å². The molecule has 2 amide bonds. The van der Waals surface area contributed by atoms with Gasteiger partial charge < -0.3 is 11.1 Å². The molecular formula is C14H10Cl2N4O2S. The first-order chi connectivity index (χ1) is 11.0. The third-order valence-electron chi connectivity index (χ3n) is 3.02. The normalized spacial score (nSPS) is 11.5. The maximum atomic E-state index is 12.1. The number of nitriles is 1. The van der Waals surface area contributed by atoms with Gasteiger partial charge in [0.2, 0.25) is 5.91 Å². The molecule has 1 heterocycles. The van der Waals surface area contributed by atoms with Crippen molar-refractivity contribution in [3.8, 4) is 6.07 Å². The number of hydrogen-bond acceptors (Lipinski definition) is 5. The Hall–Kier alpha value is -2.14. The van der Waals surface area contributed by atoms with Gasteiger partial charge in [0.25, 0.3) is 5.91 Å². The van der Waals surface area contributed by atoms with Crippen molar-refractivity contribution in [3.05, 3.63) is 50.4 Å². The smallest absolute Gasteiger partial charge is 0.264 e. The number of carbonyl (C=O) groups excluding carboxylic acids is 2. The Kier molecular flexibility index (Phi) is 5.55. The van der Waals surface area contributed by atoms with E-state index in [1.807, 2.05) is 6.07 Å². The summed E-state index contributed by atoms with van der Waals surface area (Å²) in [5, 5.41) is 11.9. The standard InChI is InChI=1S/C14H10Cl2N4O2S/c15-10-11(23-20-12(10)16)14(22)19-6-7-3-1-2-4-8(7)9(5-17)13(18)21/h1-4,9H,6H2,(H2,18,21)(H,19,22). The van der Waals surface area contributed by atoms with E-state index in [1.54, 1.807) is 24.3 Å². The number of aromatic nitrogens is 1. The van der Waals surface area contributed by atoms with Crippen molar-refractivity contribution in [2.24, 2.45) is 5.73 Å². The van der Waals surface area contributed by atoms with Crippen molar-refractivity contribution < 1.29 is 9.59 Å². The minimum absolute atomic E-state index is 0.0699. The fourth-order valence-electron chi connectivity index (χ4n) is 1.92. The molecule has 1 atom stereocenters. The van der Waals surface area contributed by atoms with E-state index in [9.17, 15) is 9.59 Å². The third-order valence-corrected chi connectivity index (χ3v) is 4.82. The topological polar surface area (TPSA) is 109 Å².